The van der Waals surface area contributed by atoms with E-state index >= 15 is 0 Å². The minimum atomic E-state index is -0.287. The van der Waals surface area contributed by atoms with Crippen molar-refractivity contribution in [2.45, 2.75) is 0 Å². The van der Waals surface area contributed by atoms with E-state index in [-0.39, 0.29) is 24.1 Å². The Kier molecular flexibility index (Phi) is 2.95. The number of anilines is 1. The Hall–Kier alpha value is -2.11. The molecule has 0 spiro atoms. The van der Waals surface area contributed by atoms with Crippen molar-refractivity contribution in [1.82, 2.24) is 14.8 Å². The lowest BCUT2D eigenvalue weighted by molar-refractivity contribution is -0.133. The molecule has 2 amide bonds. The lowest BCUT2D eigenvalue weighted by atomic mass is 10.2. The summed E-state index contributed by atoms with van der Waals surface area (Å²) in [4.78, 5) is 30.6. The fraction of sp³-hybridized carbons (Fsp3) is 0.364. The fourth-order valence-electron chi connectivity index (χ4n) is 1.68. The Balaban J connectivity index is 2.16. The zero-order chi connectivity index (χ0) is 12.4. The second-order valence-corrected chi connectivity index (χ2v) is 3.98. The molecule has 0 saturated carbocycles. The molecule has 6 nitrogen and oxygen atoms in total. The summed E-state index contributed by atoms with van der Waals surface area (Å²) in [6, 6.07) is 3.29. The van der Waals surface area contributed by atoms with Crippen LogP contribution in [-0.4, -0.2) is 53.3 Å². The summed E-state index contributed by atoms with van der Waals surface area (Å²) in [6.45, 7) is 1.14. The van der Waals surface area contributed by atoms with Gasteiger partial charge >= 0.3 is 0 Å². The molecule has 2 rings (SSSR count). The third kappa shape index (κ3) is 2.20. The number of piperazine rings is 1. The molecule has 0 bridgehead atoms. The molecule has 1 aliphatic rings. The van der Waals surface area contributed by atoms with Gasteiger partial charge in [-0.2, -0.15) is 0 Å². The standard InChI is InChI=1S/C11H14N4O2/c1-14-5-6-15(7-9(14)16)11(17)10-8(12)3-2-4-13-10/h2-4H,5-7,12H2,1H3. The topological polar surface area (TPSA) is 79.5 Å². The first-order valence-corrected chi connectivity index (χ1v) is 5.33. The van der Waals surface area contributed by atoms with Crippen molar-refractivity contribution in [1.29, 1.82) is 0 Å². The molecule has 0 radical (unpaired) electrons. The Labute approximate surface area is 99.0 Å². The molecule has 1 aromatic rings. The molecule has 0 aliphatic carbocycles. The van der Waals surface area contributed by atoms with E-state index in [1.807, 2.05) is 0 Å². The maximum Gasteiger partial charge on any atom is 0.275 e. The number of nitrogens with two attached hydrogens (primary N) is 1. The maximum absolute atomic E-state index is 12.1. The van der Waals surface area contributed by atoms with Gasteiger partial charge in [-0.15, -0.1) is 0 Å². The highest BCUT2D eigenvalue weighted by atomic mass is 16.2. The van der Waals surface area contributed by atoms with Crippen LogP contribution in [0.2, 0.25) is 0 Å². The molecule has 17 heavy (non-hydrogen) atoms. The third-order valence-corrected chi connectivity index (χ3v) is 2.79. The van der Waals surface area contributed by atoms with Gasteiger partial charge in [0.2, 0.25) is 5.91 Å². The zero-order valence-corrected chi connectivity index (χ0v) is 9.59. The molecule has 1 fully saturated rings. The number of likely N-dealkylation sites (N-methyl/N-ethyl adjacent to an activating group) is 1. The molecule has 2 heterocycles. The highest BCUT2D eigenvalue weighted by Crippen LogP contribution is 2.12. The molecule has 6 heteroatoms. The van der Waals surface area contributed by atoms with E-state index in [0.29, 0.717) is 18.8 Å². The molecule has 0 aromatic carbocycles. The van der Waals surface area contributed by atoms with E-state index in [0.717, 1.165) is 0 Å². The van der Waals surface area contributed by atoms with Gasteiger partial charge < -0.3 is 15.5 Å². The molecule has 90 valence electrons. The van der Waals surface area contributed by atoms with Gasteiger partial charge in [-0.05, 0) is 12.1 Å². The van der Waals surface area contributed by atoms with Gasteiger partial charge in [0.25, 0.3) is 5.91 Å². The number of aromatic nitrogens is 1. The molecule has 0 atom stereocenters. The van der Waals surface area contributed by atoms with Crippen LogP contribution in [0.3, 0.4) is 0 Å². The third-order valence-electron chi connectivity index (χ3n) is 2.79. The summed E-state index contributed by atoms with van der Waals surface area (Å²) in [7, 11) is 1.72. The highest BCUT2D eigenvalue weighted by Gasteiger charge is 2.27. The molecular formula is C11H14N4O2. The smallest absolute Gasteiger partial charge is 0.275 e. The molecule has 1 saturated heterocycles. The average molecular weight is 234 g/mol. The minimum absolute atomic E-state index is 0.0703. The van der Waals surface area contributed by atoms with Crippen molar-refractivity contribution in [3.05, 3.63) is 24.0 Å². The van der Waals surface area contributed by atoms with Crippen LogP contribution in [0.25, 0.3) is 0 Å². The van der Waals surface area contributed by atoms with Crippen LogP contribution < -0.4 is 5.73 Å². The number of carbonyl (C=O) groups is 2. The molecule has 1 aliphatic heterocycles. The van der Waals surface area contributed by atoms with Gasteiger partial charge in [0, 0.05) is 26.3 Å². The number of rotatable bonds is 1. The summed E-state index contributed by atoms with van der Waals surface area (Å²) in [5.41, 5.74) is 6.23. The summed E-state index contributed by atoms with van der Waals surface area (Å²) in [6.07, 6.45) is 1.52. The Morgan fingerprint density at radius 3 is 2.88 bits per heavy atom. The van der Waals surface area contributed by atoms with Gasteiger partial charge in [0.05, 0.1) is 5.69 Å². The first kappa shape index (κ1) is 11.4. The number of pyridine rings is 1. The van der Waals surface area contributed by atoms with E-state index < -0.39 is 0 Å². The first-order chi connectivity index (χ1) is 8.09. The van der Waals surface area contributed by atoms with Gasteiger partial charge in [0.1, 0.15) is 6.54 Å². The van der Waals surface area contributed by atoms with E-state index in [1.54, 1.807) is 24.1 Å². The maximum atomic E-state index is 12.1. The summed E-state index contributed by atoms with van der Waals surface area (Å²) >= 11 is 0. The highest BCUT2D eigenvalue weighted by molar-refractivity contribution is 5.99. The predicted molar refractivity (Wildman–Crippen MR) is 62.2 cm³/mol. The normalized spacial score (nSPS) is 16.2. The van der Waals surface area contributed by atoms with Gasteiger partial charge in [-0.3, -0.25) is 9.59 Å². The summed E-state index contributed by atoms with van der Waals surface area (Å²) in [5, 5.41) is 0. The van der Waals surface area contributed by atoms with Crippen LogP contribution in [0.1, 0.15) is 10.5 Å². The average Bonchev–Trinajstić information content (AvgIpc) is 2.32. The van der Waals surface area contributed by atoms with Crippen molar-refractivity contribution in [2.75, 3.05) is 32.4 Å². The van der Waals surface area contributed by atoms with Crippen LogP contribution in [0, 0.1) is 0 Å². The first-order valence-electron chi connectivity index (χ1n) is 5.33. The number of amides is 2. The van der Waals surface area contributed by atoms with Crippen LogP contribution in [0.5, 0.6) is 0 Å². The van der Waals surface area contributed by atoms with Crippen LogP contribution >= 0.6 is 0 Å². The van der Waals surface area contributed by atoms with Crippen molar-refractivity contribution in [3.63, 3.8) is 0 Å². The van der Waals surface area contributed by atoms with Crippen LogP contribution in [-0.2, 0) is 4.79 Å². The second-order valence-electron chi connectivity index (χ2n) is 3.98. The Bertz CT molecular complexity index is 461. The van der Waals surface area contributed by atoms with E-state index in [1.165, 1.54) is 11.1 Å². The van der Waals surface area contributed by atoms with E-state index in [2.05, 4.69) is 4.98 Å². The minimum Gasteiger partial charge on any atom is -0.397 e. The van der Waals surface area contributed by atoms with E-state index in [4.69, 9.17) is 5.73 Å². The van der Waals surface area contributed by atoms with E-state index in [9.17, 15) is 9.59 Å². The number of nitrogens with zero attached hydrogens (tertiary/aromatic N) is 3. The molecule has 0 unspecified atom stereocenters. The Morgan fingerprint density at radius 2 is 2.24 bits per heavy atom. The number of hydrogen-bond acceptors (Lipinski definition) is 4. The van der Waals surface area contributed by atoms with Crippen molar-refractivity contribution in [3.8, 4) is 0 Å². The van der Waals surface area contributed by atoms with Gasteiger partial charge in [0.15, 0.2) is 5.69 Å². The number of hydrogen-bond donors (Lipinski definition) is 1. The van der Waals surface area contributed by atoms with Crippen LogP contribution in [0.15, 0.2) is 18.3 Å². The lowest BCUT2D eigenvalue weighted by Gasteiger charge is -2.31. The van der Waals surface area contributed by atoms with Crippen molar-refractivity contribution < 1.29 is 9.59 Å². The monoisotopic (exact) mass is 234 g/mol. The summed E-state index contributed by atoms with van der Waals surface area (Å²) < 4.78 is 0. The van der Waals surface area contributed by atoms with Gasteiger partial charge in [-0.25, -0.2) is 4.98 Å². The quantitative estimate of drug-likeness (QED) is 0.715. The van der Waals surface area contributed by atoms with Gasteiger partial charge in [-0.1, -0.05) is 0 Å². The predicted octanol–water partition coefficient (Wildman–Crippen LogP) is -0.422. The van der Waals surface area contributed by atoms with Crippen molar-refractivity contribution in [2.24, 2.45) is 0 Å². The van der Waals surface area contributed by atoms with Crippen LogP contribution in [0.4, 0.5) is 5.69 Å². The van der Waals surface area contributed by atoms with Crippen molar-refractivity contribution >= 4 is 17.5 Å². The fourth-order valence-corrected chi connectivity index (χ4v) is 1.68. The largest absolute Gasteiger partial charge is 0.397 e. The SMILES string of the molecule is CN1CCN(C(=O)c2ncccc2N)CC1=O. The number of carbonyl (C=O) groups excluding carboxylic acids is 2. The molecular weight excluding hydrogens is 220 g/mol. The number of nitrogen functional groups attached to an aromatic ring is 1. The second kappa shape index (κ2) is 4.40. The molecule has 2 N–H and O–H groups in total. The zero-order valence-electron chi connectivity index (χ0n) is 9.59. The molecule has 1 aromatic heterocycles. The Morgan fingerprint density at radius 1 is 1.47 bits per heavy atom. The lowest BCUT2D eigenvalue weighted by Crippen LogP contribution is -2.50. The summed E-state index contributed by atoms with van der Waals surface area (Å²) in [5.74, 6) is -0.358.